The lowest BCUT2D eigenvalue weighted by atomic mass is 9.86. The standard InChI is InChI=1S/C17H18ClNO2S/c1-17(2,13-4-3-9-19-12-13)16(20)21-10-11-22-15-7-5-14(18)6-8-15/h3-9,12H,10-11H2,1-2H3. The summed E-state index contributed by atoms with van der Waals surface area (Å²) >= 11 is 7.47. The van der Waals surface area contributed by atoms with Crippen LogP contribution in [0, 0.1) is 0 Å². The van der Waals surface area contributed by atoms with Gasteiger partial charge in [-0.1, -0.05) is 17.7 Å². The lowest BCUT2D eigenvalue weighted by molar-refractivity contribution is -0.148. The molecule has 2 aromatic rings. The van der Waals surface area contributed by atoms with Crippen molar-refractivity contribution in [3.8, 4) is 0 Å². The monoisotopic (exact) mass is 335 g/mol. The summed E-state index contributed by atoms with van der Waals surface area (Å²) < 4.78 is 5.39. The number of ether oxygens (including phenoxy) is 1. The minimum absolute atomic E-state index is 0.239. The molecule has 0 saturated carbocycles. The van der Waals surface area contributed by atoms with Gasteiger partial charge in [-0.15, -0.1) is 11.8 Å². The molecule has 0 spiro atoms. The number of esters is 1. The van der Waals surface area contributed by atoms with Crippen LogP contribution in [0.1, 0.15) is 19.4 Å². The molecule has 22 heavy (non-hydrogen) atoms. The third-order valence-corrected chi connectivity index (χ3v) is 4.52. The lowest BCUT2D eigenvalue weighted by Gasteiger charge is -2.22. The van der Waals surface area contributed by atoms with E-state index in [0.717, 1.165) is 10.5 Å². The maximum absolute atomic E-state index is 12.2. The molecule has 0 fully saturated rings. The number of pyridine rings is 1. The van der Waals surface area contributed by atoms with Gasteiger partial charge in [0.05, 0.1) is 5.41 Å². The van der Waals surface area contributed by atoms with Gasteiger partial charge in [0.15, 0.2) is 0 Å². The van der Waals surface area contributed by atoms with Crippen molar-refractivity contribution in [3.05, 3.63) is 59.4 Å². The van der Waals surface area contributed by atoms with E-state index >= 15 is 0 Å². The molecule has 0 aliphatic heterocycles. The number of thioether (sulfide) groups is 1. The van der Waals surface area contributed by atoms with Gasteiger partial charge in [-0.2, -0.15) is 0 Å². The second-order valence-electron chi connectivity index (χ2n) is 5.31. The van der Waals surface area contributed by atoms with Crippen molar-refractivity contribution in [1.82, 2.24) is 4.98 Å². The second kappa shape index (κ2) is 7.65. The maximum atomic E-state index is 12.2. The predicted octanol–water partition coefficient (Wildman–Crippen LogP) is 4.35. The molecular formula is C17H18ClNO2S. The largest absolute Gasteiger partial charge is 0.464 e. The minimum Gasteiger partial charge on any atom is -0.464 e. The summed E-state index contributed by atoms with van der Waals surface area (Å²) in [5, 5.41) is 0.717. The fraction of sp³-hybridized carbons (Fsp3) is 0.294. The zero-order chi connectivity index (χ0) is 16.0. The van der Waals surface area contributed by atoms with Gasteiger partial charge in [0.2, 0.25) is 0 Å². The molecule has 1 aromatic carbocycles. The Morgan fingerprint density at radius 2 is 2.00 bits per heavy atom. The van der Waals surface area contributed by atoms with Crippen molar-refractivity contribution < 1.29 is 9.53 Å². The van der Waals surface area contributed by atoms with E-state index in [-0.39, 0.29) is 5.97 Å². The second-order valence-corrected chi connectivity index (χ2v) is 6.91. The number of aromatic nitrogens is 1. The fourth-order valence-electron chi connectivity index (χ4n) is 1.86. The molecule has 0 N–H and O–H groups in total. The van der Waals surface area contributed by atoms with E-state index in [1.807, 2.05) is 50.2 Å². The molecule has 2 rings (SSSR count). The molecule has 0 bridgehead atoms. The van der Waals surface area contributed by atoms with Crippen molar-refractivity contribution in [2.75, 3.05) is 12.4 Å². The van der Waals surface area contributed by atoms with Gasteiger partial charge in [-0.05, 0) is 49.7 Å². The molecule has 0 aliphatic carbocycles. The normalized spacial score (nSPS) is 11.2. The number of hydrogen-bond acceptors (Lipinski definition) is 4. The Morgan fingerprint density at radius 1 is 1.27 bits per heavy atom. The van der Waals surface area contributed by atoms with Crippen molar-refractivity contribution in [2.45, 2.75) is 24.2 Å². The fourth-order valence-corrected chi connectivity index (χ4v) is 2.71. The van der Waals surface area contributed by atoms with Gasteiger partial charge >= 0.3 is 5.97 Å². The maximum Gasteiger partial charge on any atom is 0.316 e. The van der Waals surface area contributed by atoms with Crippen molar-refractivity contribution in [3.63, 3.8) is 0 Å². The average molecular weight is 336 g/mol. The van der Waals surface area contributed by atoms with Gasteiger partial charge in [0.25, 0.3) is 0 Å². The Morgan fingerprint density at radius 3 is 2.64 bits per heavy atom. The number of benzene rings is 1. The van der Waals surface area contributed by atoms with E-state index in [1.54, 1.807) is 24.2 Å². The molecule has 3 nitrogen and oxygen atoms in total. The molecule has 1 aromatic heterocycles. The summed E-state index contributed by atoms with van der Waals surface area (Å²) in [5.41, 5.74) is 0.157. The smallest absolute Gasteiger partial charge is 0.316 e. The van der Waals surface area contributed by atoms with Gasteiger partial charge in [0, 0.05) is 28.1 Å². The first-order chi connectivity index (χ1) is 10.5. The predicted molar refractivity (Wildman–Crippen MR) is 90.4 cm³/mol. The van der Waals surface area contributed by atoms with Crippen molar-refractivity contribution >= 4 is 29.3 Å². The van der Waals surface area contributed by atoms with Crippen LogP contribution < -0.4 is 0 Å². The molecule has 0 unspecified atom stereocenters. The zero-order valence-electron chi connectivity index (χ0n) is 12.6. The number of nitrogens with zero attached hydrogens (tertiary/aromatic N) is 1. The van der Waals surface area contributed by atoms with Crippen LogP contribution in [0.25, 0.3) is 0 Å². The highest BCUT2D eigenvalue weighted by Crippen LogP contribution is 2.24. The van der Waals surface area contributed by atoms with Crippen LogP contribution in [0.2, 0.25) is 5.02 Å². The molecule has 1 heterocycles. The van der Waals surface area contributed by atoms with Crippen LogP contribution in [0.5, 0.6) is 0 Å². The summed E-state index contributed by atoms with van der Waals surface area (Å²) in [6, 6.07) is 11.3. The molecule has 5 heteroatoms. The van der Waals surface area contributed by atoms with Gasteiger partial charge in [-0.3, -0.25) is 9.78 Å². The Kier molecular flexibility index (Phi) is 5.86. The highest BCUT2D eigenvalue weighted by atomic mass is 35.5. The van der Waals surface area contributed by atoms with Crippen LogP contribution >= 0.6 is 23.4 Å². The van der Waals surface area contributed by atoms with Crippen molar-refractivity contribution in [1.29, 1.82) is 0 Å². The molecular weight excluding hydrogens is 318 g/mol. The Bertz CT molecular complexity index is 614. The summed E-state index contributed by atoms with van der Waals surface area (Å²) in [5.74, 6) is 0.466. The molecule has 0 radical (unpaired) electrons. The molecule has 0 atom stereocenters. The lowest BCUT2D eigenvalue weighted by Crippen LogP contribution is -2.31. The Hall–Kier alpha value is -1.52. The van der Waals surface area contributed by atoms with Crippen LogP contribution in [-0.2, 0) is 14.9 Å². The minimum atomic E-state index is -0.695. The third-order valence-electron chi connectivity index (χ3n) is 3.29. The SMILES string of the molecule is CC(C)(C(=O)OCCSc1ccc(Cl)cc1)c1cccnc1. The summed E-state index contributed by atoms with van der Waals surface area (Å²) in [6.45, 7) is 4.06. The van der Waals surface area contributed by atoms with E-state index in [1.165, 1.54) is 0 Å². The van der Waals surface area contributed by atoms with Gasteiger partial charge < -0.3 is 4.74 Å². The molecule has 0 amide bonds. The first-order valence-electron chi connectivity index (χ1n) is 6.96. The van der Waals surface area contributed by atoms with Crippen LogP contribution in [0.4, 0.5) is 0 Å². The third kappa shape index (κ3) is 4.49. The number of halogens is 1. The average Bonchev–Trinajstić information content (AvgIpc) is 2.54. The highest BCUT2D eigenvalue weighted by Gasteiger charge is 2.31. The van der Waals surface area contributed by atoms with Crippen LogP contribution in [-0.4, -0.2) is 23.3 Å². The van der Waals surface area contributed by atoms with Crippen LogP contribution in [0.3, 0.4) is 0 Å². The van der Waals surface area contributed by atoms with Gasteiger partial charge in [-0.25, -0.2) is 0 Å². The number of hydrogen-bond donors (Lipinski definition) is 0. The summed E-state index contributed by atoms with van der Waals surface area (Å²) in [6.07, 6.45) is 3.39. The zero-order valence-corrected chi connectivity index (χ0v) is 14.2. The first kappa shape index (κ1) is 16.8. The van der Waals surface area contributed by atoms with E-state index < -0.39 is 5.41 Å². The quantitative estimate of drug-likeness (QED) is 0.447. The molecule has 0 aliphatic rings. The topological polar surface area (TPSA) is 39.2 Å². The van der Waals surface area contributed by atoms with E-state index in [4.69, 9.17) is 16.3 Å². The first-order valence-corrected chi connectivity index (χ1v) is 8.32. The summed E-state index contributed by atoms with van der Waals surface area (Å²) in [4.78, 5) is 17.4. The molecule has 116 valence electrons. The number of carbonyl (C=O) groups is 1. The molecule has 0 saturated heterocycles. The Balaban J connectivity index is 1.81. The van der Waals surface area contributed by atoms with E-state index in [2.05, 4.69) is 4.98 Å². The van der Waals surface area contributed by atoms with Crippen molar-refractivity contribution in [2.24, 2.45) is 0 Å². The van der Waals surface area contributed by atoms with E-state index in [9.17, 15) is 4.79 Å². The van der Waals surface area contributed by atoms with Crippen LogP contribution in [0.15, 0.2) is 53.7 Å². The Labute approximate surface area is 140 Å². The number of rotatable bonds is 6. The summed E-state index contributed by atoms with van der Waals surface area (Å²) in [7, 11) is 0. The number of carbonyl (C=O) groups excluding carboxylic acids is 1. The van der Waals surface area contributed by atoms with Gasteiger partial charge in [0.1, 0.15) is 6.61 Å². The highest BCUT2D eigenvalue weighted by molar-refractivity contribution is 7.99. The van der Waals surface area contributed by atoms with E-state index in [0.29, 0.717) is 17.4 Å².